The summed E-state index contributed by atoms with van der Waals surface area (Å²) in [5.41, 5.74) is -0.101. The van der Waals surface area contributed by atoms with Gasteiger partial charge in [-0.05, 0) is 28.7 Å². The molecule has 1 rings (SSSR count). The average Bonchev–Trinajstić information content (AvgIpc) is 2.02. The zero-order valence-corrected chi connectivity index (χ0v) is 8.50. The van der Waals surface area contributed by atoms with E-state index >= 15 is 0 Å². The molecule has 0 heterocycles. The molecule has 1 N–H and O–H groups in total. The van der Waals surface area contributed by atoms with E-state index in [0.717, 1.165) is 0 Å². The Morgan fingerprint density at radius 3 is 2.23 bits per heavy atom. The van der Waals surface area contributed by atoms with E-state index in [1.807, 2.05) is 0 Å². The molecule has 0 aliphatic carbocycles. The number of halogens is 4. The minimum Gasteiger partial charge on any atom is -0.379 e. The highest BCUT2D eigenvalue weighted by molar-refractivity contribution is 14.1. The zero-order valence-electron chi connectivity index (χ0n) is 6.35. The molecule has 13 heavy (non-hydrogen) atoms. The molecule has 1 aromatic carbocycles. The molecule has 0 bridgehead atoms. The number of benzene rings is 1. The third kappa shape index (κ3) is 2.57. The number of hydrogen-bond acceptors (Lipinski definition) is 1. The molecule has 5 heteroatoms. The first-order chi connectivity index (χ1) is 5.93. The molecule has 0 saturated heterocycles. The van der Waals surface area contributed by atoms with E-state index in [1.54, 1.807) is 28.7 Å². The molecule has 0 aromatic heterocycles. The number of aliphatic hydroxyl groups excluding tert-OH is 1. The Kier molecular flexibility index (Phi) is 3.18. The third-order valence-electron chi connectivity index (χ3n) is 1.51. The topological polar surface area (TPSA) is 20.2 Å². The summed E-state index contributed by atoms with van der Waals surface area (Å²) >= 11 is 1.76. The number of alkyl halides is 3. The lowest BCUT2D eigenvalue weighted by Gasteiger charge is -2.15. The van der Waals surface area contributed by atoms with Gasteiger partial charge in [-0.1, -0.05) is 18.2 Å². The van der Waals surface area contributed by atoms with Crippen LogP contribution in [-0.4, -0.2) is 11.3 Å². The molecule has 0 radical (unpaired) electrons. The van der Waals surface area contributed by atoms with Gasteiger partial charge in [0, 0.05) is 9.13 Å². The van der Waals surface area contributed by atoms with Crippen molar-refractivity contribution in [3.63, 3.8) is 0 Å². The molecule has 1 aromatic rings. The Bertz CT molecular complexity index is 298. The van der Waals surface area contributed by atoms with Gasteiger partial charge in [0.15, 0.2) is 6.10 Å². The lowest BCUT2D eigenvalue weighted by atomic mass is 10.1. The molecule has 72 valence electrons. The standard InChI is InChI=1S/C8H6F3IO/c9-8(10,11)7(13)5-3-1-2-4-6(5)12/h1-4,7,13H. The first kappa shape index (κ1) is 10.8. The van der Waals surface area contributed by atoms with Gasteiger partial charge in [-0.15, -0.1) is 0 Å². The van der Waals surface area contributed by atoms with Crippen molar-refractivity contribution in [1.29, 1.82) is 0 Å². The van der Waals surface area contributed by atoms with Crippen LogP contribution >= 0.6 is 22.6 Å². The number of aliphatic hydroxyl groups is 1. The number of hydrogen-bond donors (Lipinski definition) is 1. The molecule has 0 amide bonds. The smallest absolute Gasteiger partial charge is 0.379 e. The average molecular weight is 302 g/mol. The van der Waals surface area contributed by atoms with Crippen molar-refractivity contribution in [2.75, 3.05) is 0 Å². The van der Waals surface area contributed by atoms with E-state index in [0.29, 0.717) is 3.57 Å². The van der Waals surface area contributed by atoms with Crippen molar-refractivity contribution in [2.45, 2.75) is 12.3 Å². The van der Waals surface area contributed by atoms with Crippen LogP contribution in [0.4, 0.5) is 13.2 Å². The van der Waals surface area contributed by atoms with Crippen molar-refractivity contribution < 1.29 is 18.3 Å². The second kappa shape index (κ2) is 3.83. The fraction of sp³-hybridized carbons (Fsp3) is 0.250. The maximum Gasteiger partial charge on any atom is 0.418 e. The van der Waals surface area contributed by atoms with Crippen molar-refractivity contribution >= 4 is 22.6 Å². The Balaban J connectivity index is 3.02. The summed E-state index contributed by atoms with van der Waals surface area (Å²) in [6.07, 6.45) is -6.98. The highest BCUT2D eigenvalue weighted by atomic mass is 127. The van der Waals surface area contributed by atoms with E-state index in [1.165, 1.54) is 18.2 Å². The first-order valence-electron chi connectivity index (χ1n) is 3.42. The molecule has 0 aliphatic rings. The van der Waals surface area contributed by atoms with Crippen LogP contribution in [0.2, 0.25) is 0 Å². The first-order valence-corrected chi connectivity index (χ1v) is 4.50. The largest absolute Gasteiger partial charge is 0.418 e. The van der Waals surface area contributed by atoms with Crippen molar-refractivity contribution in [3.05, 3.63) is 33.4 Å². The quantitative estimate of drug-likeness (QED) is 0.791. The van der Waals surface area contributed by atoms with Crippen LogP contribution in [0.5, 0.6) is 0 Å². The summed E-state index contributed by atoms with van der Waals surface area (Å²) in [4.78, 5) is 0. The predicted octanol–water partition coefficient (Wildman–Crippen LogP) is 2.89. The molecular formula is C8H6F3IO. The minimum atomic E-state index is -4.60. The zero-order chi connectivity index (χ0) is 10.1. The highest BCUT2D eigenvalue weighted by Crippen LogP contribution is 2.34. The van der Waals surface area contributed by atoms with E-state index in [9.17, 15) is 13.2 Å². The van der Waals surface area contributed by atoms with Crippen LogP contribution in [0, 0.1) is 3.57 Å². The molecule has 1 atom stereocenters. The van der Waals surface area contributed by atoms with Gasteiger partial charge in [0.05, 0.1) is 0 Å². The van der Waals surface area contributed by atoms with Crippen LogP contribution in [-0.2, 0) is 0 Å². The minimum absolute atomic E-state index is 0.101. The second-order valence-corrected chi connectivity index (χ2v) is 3.63. The molecule has 0 fully saturated rings. The molecule has 0 spiro atoms. The van der Waals surface area contributed by atoms with E-state index < -0.39 is 12.3 Å². The molecule has 0 aliphatic heterocycles. The Morgan fingerprint density at radius 1 is 1.23 bits per heavy atom. The van der Waals surface area contributed by atoms with E-state index in [-0.39, 0.29) is 5.56 Å². The van der Waals surface area contributed by atoms with Crippen molar-refractivity contribution in [3.8, 4) is 0 Å². The van der Waals surface area contributed by atoms with Gasteiger partial charge in [0.1, 0.15) is 0 Å². The summed E-state index contributed by atoms with van der Waals surface area (Å²) in [5.74, 6) is 0. The van der Waals surface area contributed by atoms with Crippen LogP contribution in [0.15, 0.2) is 24.3 Å². The summed E-state index contributed by atoms with van der Waals surface area (Å²) in [5, 5.41) is 8.91. The van der Waals surface area contributed by atoms with E-state index in [4.69, 9.17) is 5.11 Å². The third-order valence-corrected chi connectivity index (χ3v) is 2.49. The Labute approximate surface area is 86.7 Å². The second-order valence-electron chi connectivity index (χ2n) is 2.47. The maximum absolute atomic E-state index is 12.1. The van der Waals surface area contributed by atoms with Gasteiger partial charge in [0.25, 0.3) is 0 Å². The summed E-state index contributed by atoms with van der Waals surface area (Å²) in [6, 6.07) is 5.87. The van der Waals surface area contributed by atoms with Crippen molar-refractivity contribution in [1.82, 2.24) is 0 Å². The SMILES string of the molecule is OC(c1ccccc1I)C(F)(F)F. The Hall–Kier alpha value is -0.300. The van der Waals surface area contributed by atoms with Gasteiger partial charge in [-0.3, -0.25) is 0 Å². The molecule has 0 saturated carbocycles. The van der Waals surface area contributed by atoms with Gasteiger partial charge >= 0.3 is 6.18 Å². The summed E-state index contributed by atoms with van der Waals surface area (Å²) in [6.45, 7) is 0. The predicted molar refractivity (Wildman–Crippen MR) is 50.2 cm³/mol. The van der Waals surface area contributed by atoms with Gasteiger partial charge in [-0.25, -0.2) is 0 Å². The highest BCUT2D eigenvalue weighted by Gasteiger charge is 2.40. The fourth-order valence-electron chi connectivity index (χ4n) is 0.873. The lowest BCUT2D eigenvalue weighted by Crippen LogP contribution is -2.20. The van der Waals surface area contributed by atoms with Gasteiger partial charge in [0.2, 0.25) is 0 Å². The molecule has 1 unspecified atom stereocenters. The number of rotatable bonds is 1. The monoisotopic (exact) mass is 302 g/mol. The molecule has 1 nitrogen and oxygen atoms in total. The van der Waals surface area contributed by atoms with Crippen LogP contribution < -0.4 is 0 Å². The Morgan fingerprint density at radius 2 is 1.77 bits per heavy atom. The summed E-state index contributed by atoms with van der Waals surface area (Å²) in [7, 11) is 0. The van der Waals surface area contributed by atoms with E-state index in [2.05, 4.69) is 0 Å². The molecular weight excluding hydrogens is 296 g/mol. The van der Waals surface area contributed by atoms with Crippen LogP contribution in [0.25, 0.3) is 0 Å². The summed E-state index contributed by atoms with van der Waals surface area (Å²) < 4.78 is 36.6. The lowest BCUT2D eigenvalue weighted by molar-refractivity contribution is -0.207. The fourth-order valence-corrected chi connectivity index (χ4v) is 1.56. The van der Waals surface area contributed by atoms with Crippen LogP contribution in [0.3, 0.4) is 0 Å². The van der Waals surface area contributed by atoms with Crippen LogP contribution in [0.1, 0.15) is 11.7 Å². The normalized spacial score (nSPS) is 14.2. The maximum atomic E-state index is 12.1. The van der Waals surface area contributed by atoms with Crippen molar-refractivity contribution in [2.24, 2.45) is 0 Å². The van der Waals surface area contributed by atoms with Gasteiger partial charge in [-0.2, -0.15) is 13.2 Å². The van der Waals surface area contributed by atoms with Gasteiger partial charge < -0.3 is 5.11 Å².